The number of rotatable bonds is 1. The van der Waals surface area contributed by atoms with Crippen LogP contribution in [-0.2, 0) is 11.2 Å². The van der Waals surface area contributed by atoms with Crippen LogP contribution in [0.25, 0.3) is 0 Å². The van der Waals surface area contributed by atoms with E-state index in [4.69, 9.17) is 21.4 Å². The highest BCUT2D eigenvalue weighted by Crippen LogP contribution is 2.29. The van der Waals surface area contributed by atoms with Gasteiger partial charge in [-0.05, 0) is 24.1 Å². The quantitative estimate of drug-likeness (QED) is 0.774. The van der Waals surface area contributed by atoms with E-state index in [9.17, 15) is 4.79 Å². The Morgan fingerprint density at radius 3 is 3.07 bits per heavy atom. The molecule has 0 saturated carbocycles. The summed E-state index contributed by atoms with van der Waals surface area (Å²) in [6, 6.07) is 5.27. The third-order valence-corrected chi connectivity index (χ3v) is 2.52. The monoisotopic (exact) mass is 212 g/mol. The molecule has 1 heterocycles. The summed E-state index contributed by atoms with van der Waals surface area (Å²) < 4.78 is 5.31. The zero-order chi connectivity index (χ0) is 10.1. The number of fused-ring (bicyclic) bond motifs is 1. The van der Waals surface area contributed by atoms with Crippen molar-refractivity contribution in [2.75, 3.05) is 6.61 Å². The fraction of sp³-hybridized carbons (Fsp3) is 0.300. The SMILES string of the molecule is O=C(O)[C@@H]1COc2cc(Cl)ccc2C1. The van der Waals surface area contributed by atoms with Crippen molar-refractivity contribution >= 4 is 17.6 Å². The fourth-order valence-corrected chi connectivity index (χ4v) is 1.67. The molecule has 1 atom stereocenters. The van der Waals surface area contributed by atoms with E-state index in [2.05, 4.69) is 0 Å². The summed E-state index contributed by atoms with van der Waals surface area (Å²) in [5.41, 5.74) is 0.910. The van der Waals surface area contributed by atoms with E-state index in [1.165, 1.54) is 0 Å². The zero-order valence-electron chi connectivity index (χ0n) is 7.37. The van der Waals surface area contributed by atoms with Crippen LogP contribution in [0.4, 0.5) is 0 Å². The van der Waals surface area contributed by atoms with Crippen LogP contribution in [0.3, 0.4) is 0 Å². The smallest absolute Gasteiger partial charge is 0.310 e. The molecule has 0 amide bonds. The molecule has 0 spiro atoms. The third kappa shape index (κ3) is 1.68. The Balaban J connectivity index is 2.27. The predicted octanol–water partition coefficient (Wildman–Crippen LogP) is 1.98. The summed E-state index contributed by atoms with van der Waals surface area (Å²) in [6.07, 6.45) is 0.516. The van der Waals surface area contributed by atoms with Gasteiger partial charge in [0, 0.05) is 5.02 Å². The zero-order valence-corrected chi connectivity index (χ0v) is 8.12. The number of ether oxygens (including phenoxy) is 1. The van der Waals surface area contributed by atoms with Crippen molar-refractivity contribution in [1.82, 2.24) is 0 Å². The maximum atomic E-state index is 10.7. The van der Waals surface area contributed by atoms with Crippen molar-refractivity contribution < 1.29 is 14.6 Å². The minimum Gasteiger partial charge on any atom is -0.492 e. The number of carbonyl (C=O) groups is 1. The van der Waals surface area contributed by atoms with Crippen molar-refractivity contribution in [3.63, 3.8) is 0 Å². The molecule has 0 unspecified atom stereocenters. The largest absolute Gasteiger partial charge is 0.492 e. The molecule has 0 bridgehead atoms. The van der Waals surface area contributed by atoms with Crippen LogP contribution in [0.5, 0.6) is 5.75 Å². The first-order chi connectivity index (χ1) is 6.66. The van der Waals surface area contributed by atoms with Crippen molar-refractivity contribution in [3.8, 4) is 5.75 Å². The summed E-state index contributed by atoms with van der Waals surface area (Å²) in [5, 5.41) is 9.42. The van der Waals surface area contributed by atoms with Crippen molar-refractivity contribution in [3.05, 3.63) is 28.8 Å². The fourth-order valence-electron chi connectivity index (χ4n) is 1.50. The van der Waals surface area contributed by atoms with Crippen LogP contribution >= 0.6 is 11.6 Å². The molecule has 1 N–H and O–H groups in total. The molecule has 0 fully saturated rings. The molecule has 0 radical (unpaired) electrons. The molecule has 1 aromatic rings. The number of carboxylic acid groups (broad SMARTS) is 1. The number of hydrogen-bond acceptors (Lipinski definition) is 2. The van der Waals surface area contributed by atoms with E-state index in [0.29, 0.717) is 17.2 Å². The Bertz CT molecular complexity index is 376. The second kappa shape index (κ2) is 3.50. The van der Waals surface area contributed by atoms with Gasteiger partial charge >= 0.3 is 5.97 Å². The Morgan fingerprint density at radius 2 is 2.36 bits per heavy atom. The molecule has 3 nitrogen and oxygen atoms in total. The highest BCUT2D eigenvalue weighted by Gasteiger charge is 2.25. The minimum absolute atomic E-state index is 0.225. The van der Waals surface area contributed by atoms with Crippen molar-refractivity contribution in [2.24, 2.45) is 5.92 Å². The number of benzene rings is 1. The second-order valence-corrected chi connectivity index (χ2v) is 3.74. The van der Waals surface area contributed by atoms with E-state index >= 15 is 0 Å². The maximum absolute atomic E-state index is 10.7. The van der Waals surface area contributed by atoms with E-state index in [1.807, 2.05) is 6.07 Å². The lowest BCUT2D eigenvalue weighted by molar-refractivity contribution is -0.143. The summed E-state index contributed by atoms with van der Waals surface area (Å²) in [5.74, 6) is -0.552. The van der Waals surface area contributed by atoms with Gasteiger partial charge in [-0.1, -0.05) is 17.7 Å². The van der Waals surface area contributed by atoms with Crippen LogP contribution < -0.4 is 4.74 Å². The van der Waals surface area contributed by atoms with E-state index in [1.54, 1.807) is 12.1 Å². The van der Waals surface area contributed by atoms with Crippen LogP contribution in [0.15, 0.2) is 18.2 Å². The average molecular weight is 213 g/mol. The van der Waals surface area contributed by atoms with Gasteiger partial charge in [-0.15, -0.1) is 0 Å². The molecule has 2 rings (SSSR count). The minimum atomic E-state index is -0.814. The summed E-state index contributed by atoms with van der Waals surface area (Å²) in [6.45, 7) is 0.225. The first-order valence-electron chi connectivity index (χ1n) is 4.31. The molecule has 0 saturated heterocycles. The number of halogens is 1. The molecule has 74 valence electrons. The van der Waals surface area contributed by atoms with E-state index in [0.717, 1.165) is 5.56 Å². The number of aliphatic carboxylic acids is 1. The van der Waals surface area contributed by atoms with Crippen molar-refractivity contribution in [2.45, 2.75) is 6.42 Å². The van der Waals surface area contributed by atoms with Gasteiger partial charge in [-0.2, -0.15) is 0 Å². The van der Waals surface area contributed by atoms with Gasteiger partial charge in [0.05, 0.1) is 5.92 Å². The van der Waals surface area contributed by atoms with Crippen LogP contribution in [0, 0.1) is 5.92 Å². The molecular weight excluding hydrogens is 204 g/mol. The predicted molar refractivity (Wildman–Crippen MR) is 51.8 cm³/mol. The molecular formula is C10H9ClO3. The van der Waals surface area contributed by atoms with E-state index < -0.39 is 11.9 Å². The van der Waals surface area contributed by atoms with Gasteiger partial charge in [0.15, 0.2) is 0 Å². The summed E-state index contributed by atoms with van der Waals surface area (Å²) >= 11 is 5.78. The molecule has 14 heavy (non-hydrogen) atoms. The summed E-state index contributed by atoms with van der Waals surface area (Å²) in [4.78, 5) is 10.7. The van der Waals surface area contributed by atoms with Gasteiger partial charge < -0.3 is 9.84 Å². The molecule has 1 aliphatic rings. The first kappa shape index (κ1) is 9.34. The highest BCUT2D eigenvalue weighted by atomic mass is 35.5. The first-order valence-corrected chi connectivity index (χ1v) is 4.68. The van der Waals surface area contributed by atoms with Gasteiger partial charge in [-0.3, -0.25) is 4.79 Å². The van der Waals surface area contributed by atoms with Gasteiger partial charge in [0.2, 0.25) is 0 Å². The Kier molecular flexibility index (Phi) is 2.33. The summed E-state index contributed by atoms with van der Waals surface area (Å²) in [7, 11) is 0. The Hall–Kier alpha value is -1.22. The standard InChI is InChI=1S/C10H9ClO3/c11-8-2-1-6-3-7(10(12)13)5-14-9(6)4-8/h1-2,4,7H,3,5H2,(H,12,13)/t7-/m0/s1. The second-order valence-electron chi connectivity index (χ2n) is 3.30. The van der Waals surface area contributed by atoms with E-state index in [-0.39, 0.29) is 6.61 Å². The normalized spacial score (nSPS) is 19.6. The molecule has 1 aromatic carbocycles. The van der Waals surface area contributed by atoms with Crippen molar-refractivity contribution in [1.29, 1.82) is 0 Å². The molecule has 4 heteroatoms. The number of carboxylic acids is 1. The van der Waals surface area contributed by atoms with Gasteiger partial charge in [0.1, 0.15) is 12.4 Å². The lowest BCUT2D eigenvalue weighted by atomic mass is 9.97. The average Bonchev–Trinajstić information content (AvgIpc) is 2.16. The topological polar surface area (TPSA) is 46.5 Å². The van der Waals surface area contributed by atoms with Gasteiger partial charge in [-0.25, -0.2) is 0 Å². The lowest BCUT2D eigenvalue weighted by Crippen LogP contribution is -2.27. The Labute approximate surface area is 86.3 Å². The third-order valence-electron chi connectivity index (χ3n) is 2.28. The number of hydrogen-bond donors (Lipinski definition) is 1. The maximum Gasteiger partial charge on any atom is 0.310 e. The molecule has 1 aliphatic heterocycles. The highest BCUT2D eigenvalue weighted by molar-refractivity contribution is 6.30. The lowest BCUT2D eigenvalue weighted by Gasteiger charge is -2.22. The Morgan fingerprint density at radius 1 is 1.57 bits per heavy atom. The molecule has 0 aromatic heterocycles. The van der Waals surface area contributed by atoms with Gasteiger partial charge in [0.25, 0.3) is 0 Å². The molecule has 0 aliphatic carbocycles. The van der Waals surface area contributed by atoms with Crippen LogP contribution in [-0.4, -0.2) is 17.7 Å². The van der Waals surface area contributed by atoms with Crippen LogP contribution in [0.2, 0.25) is 5.02 Å². The van der Waals surface area contributed by atoms with Crippen LogP contribution in [0.1, 0.15) is 5.56 Å².